The number of aromatic nitrogens is 4. The maximum absolute atomic E-state index is 13.5. The van der Waals surface area contributed by atoms with Crippen LogP contribution in [-0.2, 0) is 27.9 Å². The Morgan fingerprint density at radius 3 is 2.71 bits per heavy atom. The number of fused-ring (bicyclic) bond motifs is 2. The van der Waals surface area contributed by atoms with Crippen molar-refractivity contribution in [2.24, 2.45) is 7.05 Å². The van der Waals surface area contributed by atoms with Gasteiger partial charge in [-0.2, -0.15) is 0 Å². The average Bonchev–Trinajstić information content (AvgIpc) is 3.55. The number of esters is 1. The van der Waals surface area contributed by atoms with E-state index in [4.69, 9.17) is 19.0 Å². The molecule has 2 aromatic carbocycles. The minimum absolute atomic E-state index is 0.0293. The van der Waals surface area contributed by atoms with Crippen molar-refractivity contribution in [1.29, 1.82) is 0 Å². The van der Waals surface area contributed by atoms with Gasteiger partial charge >= 0.3 is 12.1 Å². The maximum atomic E-state index is 13.5. The Bertz CT molecular complexity index is 1750. The van der Waals surface area contributed by atoms with Gasteiger partial charge in [0, 0.05) is 31.0 Å². The van der Waals surface area contributed by atoms with Crippen molar-refractivity contribution < 1.29 is 28.4 Å². The number of methoxy groups -OCH3 is 1. The van der Waals surface area contributed by atoms with Crippen molar-refractivity contribution in [2.75, 3.05) is 35.8 Å². The smallest absolute Gasteiger partial charge is 0.412 e. The SMILES string of the molecule is CCOC(=O)Nc1noc2ccc(NCc3nc4cc(C(=O)N(CCC(=O)OC)c5ccccn5)ccc4n3C)cc12. The van der Waals surface area contributed by atoms with Crippen molar-refractivity contribution in [3.05, 3.63) is 72.2 Å². The second kappa shape index (κ2) is 12.4. The normalized spacial score (nSPS) is 10.9. The van der Waals surface area contributed by atoms with Crippen LogP contribution in [0.3, 0.4) is 0 Å². The highest BCUT2D eigenvalue weighted by Gasteiger charge is 2.21. The Balaban J connectivity index is 1.35. The van der Waals surface area contributed by atoms with Crippen LogP contribution in [0.15, 0.2) is 65.3 Å². The topological polar surface area (TPSA) is 154 Å². The molecule has 2 N–H and O–H groups in total. The molecule has 3 heterocycles. The van der Waals surface area contributed by atoms with E-state index in [1.54, 1.807) is 49.5 Å². The van der Waals surface area contributed by atoms with Crippen LogP contribution in [0.4, 0.5) is 22.1 Å². The Labute approximate surface area is 240 Å². The molecule has 0 radical (unpaired) electrons. The van der Waals surface area contributed by atoms with E-state index in [1.807, 2.05) is 29.8 Å². The second-order valence-corrected chi connectivity index (χ2v) is 9.20. The molecule has 0 atom stereocenters. The zero-order valence-corrected chi connectivity index (χ0v) is 23.3. The Kier molecular flexibility index (Phi) is 8.27. The van der Waals surface area contributed by atoms with Crippen LogP contribution < -0.4 is 15.5 Å². The summed E-state index contributed by atoms with van der Waals surface area (Å²) in [7, 11) is 3.21. The largest absolute Gasteiger partial charge is 0.469 e. The average molecular weight is 572 g/mol. The summed E-state index contributed by atoms with van der Waals surface area (Å²) < 4.78 is 16.9. The highest BCUT2D eigenvalue weighted by Crippen LogP contribution is 2.27. The number of ether oxygens (including phenoxy) is 2. The Hall–Kier alpha value is -5.46. The summed E-state index contributed by atoms with van der Waals surface area (Å²) in [6.45, 7) is 2.45. The molecule has 5 rings (SSSR count). The lowest BCUT2D eigenvalue weighted by Gasteiger charge is -2.21. The fraction of sp³-hybridized carbons (Fsp3) is 0.241. The monoisotopic (exact) mass is 571 g/mol. The van der Waals surface area contributed by atoms with E-state index < -0.39 is 12.1 Å². The number of aryl methyl sites for hydroxylation is 1. The van der Waals surface area contributed by atoms with E-state index in [2.05, 4.69) is 20.8 Å². The molecule has 216 valence electrons. The van der Waals surface area contributed by atoms with Crippen molar-refractivity contribution in [1.82, 2.24) is 19.7 Å². The van der Waals surface area contributed by atoms with Crippen molar-refractivity contribution >= 4 is 57.3 Å². The molecular formula is C29H29N7O6. The molecule has 0 fully saturated rings. The number of anilines is 3. The van der Waals surface area contributed by atoms with Crippen LogP contribution in [0.5, 0.6) is 0 Å². The van der Waals surface area contributed by atoms with Gasteiger partial charge in [0.15, 0.2) is 11.4 Å². The number of rotatable bonds is 10. The second-order valence-electron chi connectivity index (χ2n) is 9.20. The van der Waals surface area contributed by atoms with E-state index in [9.17, 15) is 14.4 Å². The molecular weight excluding hydrogens is 542 g/mol. The van der Waals surface area contributed by atoms with E-state index in [-0.39, 0.29) is 31.3 Å². The summed E-state index contributed by atoms with van der Waals surface area (Å²) in [5.41, 5.74) is 3.17. The van der Waals surface area contributed by atoms with Gasteiger partial charge < -0.3 is 23.9 Å². The first-order chi connectivity index (χ1) is 20.4. The van der Waals surface area contributed by atoms with Gasteiger partial charge in [0.05, 0.1) is 43.1 Å². The zero-order valence-electron chi connectivity index (χ0n) is 23.3. The minimum atomic E-state index is -0.616. The highest BCUT2D eigenvalue weighted by atomic mass is 16.5. The van der Waals surface area contributed by atoms with Crippen LogP contribution in [0, 0.1) is 0 Å². The van der Waals surface area contributed by atoms with E-state index in [0.717, 1.165) is 17.0 Å². The fourth-order valence-electron chi connectivity index (χ4n) is 4.42. The molecule has 0 aliphatic heterocycles. The molecule has 2 amide bonds. The number of amides is 2. The Morgan fingerprint density at radius 1 is 1.10 bits per heavy atom. The summed E-state index contributed by atoms with van der Waals surface area (Å²) in [4.78, 5) is 47.7. The third-order valence-corrected chi connectivity index (χ3v) is 6.58. The van der Waals surface area contributed by atoms with Gasteiger partial charge in [-0.15, -0.1) is 0 Å². The number of nitrogens with one attached hydrogen (secondary N) is 2. The number of carbonyl (C=O) groups is 3. The van der Waals surface area contributed by atoms with Crippen molar-refractivity contribution in [3.63, 3.8) is 0 Å². The van der Waals surface area contributed by atoms with Crippen LogP contribution in [0.1, 0.15) is 29.5 Å². The van der Waals surface area contributed by atoms with Crippen LogP contribution in [0.2, 0.25) is 0 Å². The quantitative estimate of drug-likeness (QED) is 0.229. The molecule has 42 heavy (non-hydrogen) atoms. The molecule has 13 nitrogen and oxygen atoms in total. The van der Waals surface area contributed by atoms with Crippen molar-refractivity contribution in [2.45, 2.75) is 19.9 Å². The van der Waals surface area contributed by atoms with Gasteiger partial charge in [0.1, 0.15) is 11.6 Å². The lowest BCUT2D eigenvalue weighted by molar-refractivity contribution is -0.140. The molecule has 5 aromatic rings. The highest BCUT2D eigenvalue weighted by molar-refractivity contribution is 6.07. The van der Waals surface area contributed by atoms with E-state index in [1.165, 1.54) is 12.0 Å². The molecule has 0 aliphatic carbocycles. The first kappa shape index (κ1) is 28.1. The summed E-state index contributed by atoms with van der Waals surface area (Å²) in [6, 6.07) is 15.9. The summed E-state index contributed by atoms with van der Waals surface area (Å²) in [5.74, 6) is 0.702. The van der Waals surface area contributed by atoms with Gasteiger partial charge in [-0.1, -0.05) is 11.2 Å². The summed E-state index contributed by atoms with van der Waals surface area (Å²) in [6.07, 6.45) is 1.00. The molecule has 0 spiro atoms. The first-order valence-electron chi connectivity index (χ1n) is 13.2. The molecule has 0 saturated heterocycles. The van der Waals surface area contributed by atoms with Crippen LogP contribution in [-0.4, -0.2) is 57.9 Å². The molecule has 13 heteroatoms. The molecule has 0 saturated carbocycles. The minimum Gasteiger partial charge on any atom is -0.469 e. The molecule has 0 unspecified atom stereocenters. The van der Waals surface area contributed by atoms with Gasteiger partial charge in [0.25, 0.3) is 5.91 Å². The van der Waals surface area contributed by atoms with E-state index in [0.29, 0.717) is 34.4 Å². The molecule has 0 aliphatic rings. The van der Waals surface area contributed by atoms with E-state index >= 15 is 0 Å². The lowest BCUT2D eigenvalue weighted by Crippen LogP contribution is -2.33. The van der Waals surface area contributed by atoms with Gasteiger partial charge in [0.2, 0.25) is 0 Å². The Morgan fingerprint density at radius 2 is 1.95 bits per heavy atom. The standard InChI is InChI=1S/C29H29N7O6/c1-4-41-29(39)33-27-20-16-19(9-11-23(20)42-34-27)31-17-25-32-21-15-18(8-10-22(21)35(25)2)28(38)36(14-12-26(37)40-3)24-7-5-6-13-30-24/h5-11,13,15-16,31H,4,12,14,17H2,1-3H3,(H,33,34,39). The van der Waals surface area contributed by atoms with Crippen LogP contribution >= 0.6 is 0 Å². The number of benzene rings is 2. The van der Waals surface area contributed by atoms with Crippen molar-refractivity contribution in [3.8, 4) is 0 Å². The third-order valence-electron chi connectivity index (χ3n) is 6.58. The maximum Gasteiger partial charge on any atom is 0.412 e. The predicted molar refractivity (Wildman–Crippen MR) is 155 cm³/mol. The summed E-state index contributed by atoms with van der Waals surface area (Å²) in [5, 5.41) is 10.4. The van der Waals surface area contributed by atoms with Crippen LogP contribution in [0.25, 0.3) is 22.0 Å². The fourth-order valence-corrected chi connectivity index (χ4v) is 4.42. The van der Waals surface area contributed by atoms with Gasteiger partial charge in [-0.25, -0.2) is 14.8 Å². The number of imidazole rings is 1. The predicted octanol–water partition coefficient (Wildman–Crippen LogP) is 4.50. The molecule has 3 aromatic heterocycles. The zero-order chi connectivity index (χ0) is 29.6. The molecule has 0 bridgehead atoms. The van der Waals surface area contributed by atoms with Gasteiger partial charge in [-0.05, 0) is 55.5 Å². The first-order valence-corrected chi connectivity index (χ1v) is 13.2. The van der Waals surface area contributed by atoms with Gasteiger partial charge in [-0.3, -0.25) is 19.8 Å². The number of nitrogens with zero attached hydrogens (tertiary/aromatic N) is 5. The number of pyridine rings is 1. The number of hydrogen-bond donors (Lipinski definition) is 2. The lowest BCUT2D eigenvalue weighted by atomic mass is 10.1. The number of hydrogen-bond acceptors (Lipinski definition) is 10. The number of carbonyl (C=O) groups excluding carboxylic acids is 3. The summed E-state index contributed by atoms with van der Waals surface area (Å²) >= 11 is 0. The third kappa shape index (κ3) is 5.99.